The van der Waals surface area contributed by atoms with Crippen molar-refractivity contribution >= 4 is 22.6 Å². The fourth-order valence-corrected chi connectivity index (χ4v) is 5.78. The molecule has 3 atom stereocenters. The Labute approximate surface area is 175 Å². The van der Waals surface area contributed by atoms with Gasteiger partial charge in [0.1, 0.15) is 6.10 Å². The summed E-state index contributed by atoms with van der Waals surface area (Å²) in [5.41, 5.74) is 2.83. The molecular weight excluding hydrogens is 482 g/mol. The lowest BCUT2D eigenvalue weighted by atomic mass is 9.72. The van der Waals surface area contributed by atoms with Crippen molar-refractivity contribution in [1.82, 2.24) is 4.98 Å². The van der Waals surface area contributed by atoms with Crippen LogP contribution in [0.2, 0.25) is 0 Å². The minimum Gasteiger partial charge on any atom is -0.388 e. The summed E-state index contributed by atoms with van der Waals surface area (Å²) in [5, 5.41) is 21.7. The number of halogens is 4. The number of benzene rings is 1. The van der Waals surface area contributed by atoms with Crippen LogP contribution in [-0.2, 0) is 12.6 Å². The topological polar surface area (TPSA) is 53.4 Å². The van der Waals surface area contributed by atoms with Crippen molar-refractivity contribution in [3.05, 3.63) is 61.0 Å². The fraction of sp³-hybridized carbons (Fsp3) is 0.476. The average Bonchev–Trinajstić information content (AvgIpc) is 2.56. The van der Waals surface area contributed by atoms with Gasteiger partial charge in [0, 0.05) is 26.3 Å². The minimum atomic E-state index is -4.44. The number of hydrogen-bond donors (Lipinski definition) is 2. The second-order valence-electron chi connectivity index (χ2n) is 8.61. The van der Waals surface area contributed by atoms with E-state index in [2.05, 4.69) is 36.4 Å². The van der Waals surface area contributed by atoms with Crippen LogP contribution < -0.4 is 0 Å². The zero-order chi connectivity index (χ0) is 20.6. The predicted molar refractivity (Wildman–Crippen MR) is 107 cm³/mol. The molecule has 1 unspecified atom stereocenters. The van der Waals surface area contributed by atoms with E-state index in [1.54, 1.807) is 0 Å². The van der Waals surface area contributed by atoms with Crippen LogP contribution in [0, 0.1) is 8.99 Å². The second kappa shape index (κ2) is 6.40. The number of aromatic nitrogens is 1. The molecule has 1 aromatic carbocycles. The molecule has 0 spiro atoms. The van der Waals surface area contributed by atoms with Crippen LogP contribution in [0.3, 0.4) is 0 Å². The zero-order valence-electron chi connectivity index (χ0n) is 15.7. The fourth-order valence-electron chi connectivity index (χ4n) is 4.54. The van der Waals surface area contributed by atoms with Crippen molar-refractivity contribution in [3.8, 4) is 0 Å². The Bertz CT molecular complexity index is 971. The molecule has 4 rings (SSSR count). The summed E-state index contributed by atoms with van der Waals surface area (Å²) < 4.78 is 40.3. The highest BCUT2D eigenvalue weighted by Crippen LogP contribution is 2.49. The molecule has 0 amide bonds. The monoisotopic (exact) mass is 503 g/mol. The zero-order valence-corrected chi connectivity index (χ0v) is 17.9. The molecule has 28 heavy (non-hydrogen) atoms. The Morgan fingerprint density at radius 3 is 2.46 bits per heavy atom. The van der Waals surface area contributed by atoms with E-state index < -0.39 is 23.9 Å². The van der Waals surface area contributed by atoms with Crippen LogP contribution in [0.25, 0.3) is 0 Å². The summed E-state index contributed by atoms with van der Waals surface area (Å²) in [6, 6.07) is 3.49. The van der Waals surface area contributed by atoms with E-state index >= 15 is 0 Å². The van der Waals surface area contributed by atoms with E-state index in [4.69, 9.17) is 4.98 Å². The standard InChI is InChI=1S/C21H21F3INO2/c1-9-12-6-10(21(22,23)24)4-5-11(12)19(28)16-17(25)15-13(26-18(9)16)7-20(2,3)8-14(15)27/h4-6,9,14,19,27-28H,7-8H2,1-3H3/t9?,14-,19-/m0/s1. The van der Waals surface area contributed by atoms with Crippen LogP contribution in [0.1, 0.15) is 84.5 Å². The normalized spacial score (nSPS) is 25.7. The Balaban J connectivity index is 1.92. The van der Waals surface area contributed by atoms with Crippen LogP contribution in [0.15, 0.2) is 18.2 Å². The Kier molecular flexibility index (Phi) is 4.60. The van der Waals surface area contributed by atoms with E-state index in [0.29, 0.717) is 35.2 Å². The van der Waals surface area contributed by atoms with E-state index in [1.807, 2.05) is 6.92 Å². The summed E-state index contributed by atoms with van der Waals surface area (Å²) >= 11 is 2.14. The van der Waals surface area contributed by atoms with Gasteiger partial charge in [-0.25, -0.2) is 0 Å². The number of rotatable bonds is 0. The van der Waals surface area contributed by atoms with Gasteiger partial charge in [-0.2, -0.15) is 13.2 Å². The first kappa shape index (κ1) is 20.1. The van der Waals surface area contributed by atoms with Crippen LogP contribution in [-0.4, -0.2) is 15.2 Å². The number of nitrogens with zero attached hydrogens (tertiary/aromatic N) is 1. The van der Waals surface area contributed by atoms with Crippen molar-refractivity contribution in [1.29, 1.82) is 0 Å². The number of alkyl halides is 3. The van der Waals surface area contributed by atoms with Crippen molar-refractivity contribution in [3.63, 3.8) is 0 Å². The van der Waals surface area contributed by atoms with Crippen LogP contribution >= 0.6 is 22.6 Å². The molecule has 7 heteroatoms. The summed E-state index contributed by atoms with van der Waals surface area (Å²) in [5.74, 6) is -0.378. The SMILES string of the molecule is CC1c2cc(C(F)(F)F)ccc2[C@H](O)c2c1nc1c(c2I)[C@@H](O)CC(C)(C)C1. The molecule has 1 aromatic heterocycles. The molecule has 0 saturated heterocycles. The van der Waals surface area contributed by atoms with E-state index in [-0.39, 0.29) is 11.3 Å². The lowest BCUT2D eigenvalue weighted by molar-refractivity contribution is -0.137. The maximum atomic E-state index is 13.2. The van der Waals surface area contributed by atoms with Crippen molar-refractivity contribution in [2.24, 2.45) is 5.41 Å². The third-order valence-electron chi connectivity index (χ3n) is 5.90. The van der Waals surface area contributed by atoms with Crippen LogP contribution in [0.4, 0.5) is 13.2 Å². The van der Waals surface area contributed by atoms with E-state index in [0.717, 1.165) is 27.0 Å². The molecule has 2 aliphatic carbocycles. The van der Waals surface area contributed by atoms with Gasteiger partial charge in [-0.1, -0.05) is 26.8 Å². The minimum absolute atomic E-state index is 0.116. The molecule has 2 aromatic rings. The van der Waals surface area contributed by atoms with Gasteiger partial charge in [0.2, 0.25) is 0 Å². The highest BCUT2D eigenvalue weighted by Gasteiger charge is 2.40. The lowest BCUT2D eigenvalue weighted by Gasteiger charge is -2.38. The number of fused-ring (bicyclic) bond motifs is 3. The van der Waals surface area contributed by atoms with Gasteiger partial charge in [-0.3, -0.25) is 4.98 Å². The molecule has 0 bridgehead atoms. The summed E-state index contributed by atoms with van der Waals surface area (Å²) in [6.45, 7) is 5.95. The molecular formula is C21H21F3INO2. The molecule has 150 valence electrons. The molecule has 0 aliphatic heterocycles. The molecule has 0 fully saturated rings. The van der Waals surface area contributed by atoms with Gasteiger partial charge < -0.3 is 10.2 Å². The number of hydrogen-bond acceptors (Lipinski definition) is 3. The third-order valence-corrected chi connectivity index (χ3v) is 7.06. The first-order valence-electron chi connectivity index (χ1n) is 9.20. The Hall–Kier alpha value is -1.19. The lowest BCUT2D eigenvalue weighted by Crippen LogP contribution is -2.30. The Morgan fingerprint density at radius 1 is 1.14 bits per heavy atom. The van der Waals surface area contributed by atoms with Gasteiger partial charge in [-0.15, -0.1) is 0 Å². The number of aliphatic hydroxyl groups excluding tert-OH is 2. The number of pyridine rings is 1. The van der Waals surface area contributed by atoms with E-state index in [9.17, 15) is 23.4 Å². The van der Waals surface area contributed by atoms with Gasteiger partial charge in [0.15, 0.2) is 0 Å². The van der Waals surface area contributed by atoms with Gasteiger partial charge in [-0.05, 0) is 64.1 Å². The number of aliphatic hydroxyl groups is 2. The Morgan fingerprint density at radius 2 is 1.82 bits per heavy atom. The van der Waals surface area contributed by atoms with Gasteiger partial charge >= 0.3 is 6.18 Å². The first-order chi connectivity index (χ1) is 12.9. The molecule has 3 nitrogen and oxygen atoms in total. The molecule has 2 N–H and O–H groups in total. The maximum absolute atomic E-state index is 13.2. The van der Waals surface area contributed by atoms with Crippen molar-refractivity contribution < 1.29 is 23.4 Å². The highest BCUT2D eigenvalue weighted by atomic mass is 127. The second-order valence-corrected chi connectivity index (χ2v) is 9.69. The summed E-state index contributed by atoms with van der Waals surface area (Å²) in [4.78, 5) is 4.78. The van der Waals surface area contributed by atoms with Crippen LogP contribution in [0.5, 0.6) is 0 Å². The summed E-state index contributed by atoms with van der Waals surface area (Å²) in [7, 11) is 0. The quantitative estimate of drug-likeness (QED) is 0.483. The molecule has 0 radical (unpaired) electrons. The first-order valence-corrected chi connectivity index (χ1v) is 10.3. The van der Waals surface area contributed by atoms with Gasteiger partial charge in [0.05, 0.1) is 17.4 Å². The average molecular weight is 503 g/mol. The van der Waals surface area contributed by atoms with E-state index in [1.165, 1.54) is 6.07 Å². The molecule has 1 heterocycles. The largest absolute Gasteiger partial charge is 0.416 e. The van der Waals surface area contributed by atoms with Gasteiger partial charge in [0.25, 0.3) is 0 Å². The molecule has 0 saturated carbocycles. The summed E-state index contributed by atoms with van der Waals surface area (Å²) in [6.07, 6.45) is -4.88. The third kappa shape index (κ3) is 3.06. The van der Waals surface area contributed by atoms with Crippen molar-refractivity contribution in [2.75, 3.05) is 0 Å². The highest BCUT2D eigenvalue weighted by molar-refractivity contribution is 14.1. The molecule has 2 aliphatic rings. The predicted octanol–water partition coefficient (Wildman–Crippen LogP) is 5.26. The maximum Gasteiger partial charge on any atom is 0.416 e. The smallest absolute Gasteiger partial charge is 0.388 e. The van der Waals surface area contributed by atoms with Crippen molar-refractivity contribution in [2.45, 2.75) is 57.9 Å².